The molecule has 0 spiro atoms. The van der Waals surface area contributed by atoms with Crippen LogP contribution in [0.3, 0.4) is 0 Å². The van der Waals surface area contributed by atoms with Crippen LogP contribution in [0.5, 0.6) is 5.75 Å². The Kier molecular flexibility index (Phi) is 6.15. The lowest BCUT2D eigenvalue weighted by molar-refractivity contribution is -0.123. The minimum atomic E-state index is -0.304. The molecule has 2 rings (SSSR count). The summed E-state index contributed by atoms with van der Waals surface area (Å²) in [5.74, 6) is 0.357. The quantitative estimate of drug-likeness (QED) is 0.613. The molecule has 0 aliphatic carbocycles. The zero-order valence-corrected chi connectivity index (χ0v) is 15.6. The highest BCUT2D eigenvalue weighted by molar-refractivity contribution is 9.10. The first-order chi connectivity index (χ1) is 11.3. The Morgan fingerprint density at radius 2 is 1.92 bits per heavy atom. The van der Waals surface area contributed by atoms with E-state index in [4.69, 9.17) is 4.74 Å². The number of carbonyl (C=O) groups excluding carboxylic acids is 1. The summed E-state index contributed by atoms with van der Waals surface area (Å²) in [6.07, 6.45) is 1.58. The largest absolute Gasteiger partial charge is 0.484 e. The van der Waals surface area contributed by atoms with Crippen LogP contribution < -0.4 is 10.2 Å². The van der Waals surface area contributed by atoms with Crippen LogP contribution in [0.15, 0.2) is 58.1 Å². The van der Waals surface area contributed by atoms with Crippen molar-refractivity contribution in [3.63, 3.8) is 0 Å². The molecule has 0 radical (unpaired) electrons. The highest BCUT2D eigenvalue weighted by Gasteiger charge is 2.13. The number of benzene rings is 2. The van der Waals surface area contributed by atoms with Gasteiger partial charge in [0, 0.05) is 4.47 Å². The van der Waals surface area contributed by atoms with Gasteiger partial charge in [-0.25, -0.2) is 5.43 Å². The molecule has 0 heterocycles. The van der Waals surface area contributed by atoms with Crippen molar-refractivity contribution < 1.29 is 9.53 Å². The summed E-state index contributed by atoms with van der Waals surface area (Å²) in [4.78, 5) is 11.7. The van der Waals surface area contributed by atoms with E-state index < -0.39 is 0 Å². The summed E-state index contributed by atoms with van der Waals surface area (Å²) in [6, 6.07) is 15.4. The minimum Gasteiger partial charge on any atom is -0.484 e. The van der Waals surface area contributed by atoms with E-state index in [2.05, 4.69) is 47.2 Å². The van der Waals surface area contributed by atoms with Crippen molar-refractivity contribution in [2.75, 3.05) is 6.61 Å². The Hall–Kier alpha value is -2.14. The zero-order valence-electron chi connectivity index (χ0n) is 14.0. The second-order valence-electron chi connectivity index (χ2n) is 6.41. The Morgan fingerprint density at radius 1 is 1.21 bits per heavy atom. The maximum atomic E-state index is 11.7. The number of hydrazone groups is 1. The smallest absolute Gasteiger partial charge is 0.277 e. The summed E-state index contributed by atoms with van der Waals surface area (Å²) in [6.45, 7) is 6.38. The molecule has 0 unspecified atom stereocenters. The van der Waals surface area contributed by atoms with Crippen LogP contribution in [0.1, 0.15) is 31.9 Å². The van der Waals surface area contributed by atoms with Crippen molar-refractivity contribution >= 4 is 28.1 Å². The number of carbonyl (C=O) groups is 1. The van der Waals surface area contributed by atoms with Gasteiger partial charge in [0.15, 0.2) is 6.61 Å². The molecule has 1 N–H and O–H groups in total. The number of hydrogen-bond acceptors (Lipinski definition) is 3. The van der Waals surface area contributed by atoms with Crippen LogP contribution in [-0.4, -0.2) is 18.7 Å². The molecule has 0 aliphatic heterocycles. The van der Waals surface area contributed by atoms with Gasteiger partial charge < -0.3 is 4.74 Å². The van der Waals surface area contributed by atoms with Gasteiger partial charge in [-0.05, 0) is 40.8 Å². The van der Waals surface area contributed by atoms with Crippen molar-refractivity contribution in [2.45, 2.75) is 26.2 Å². The molecule has 24 heavy (non-hydrogen) atoms. The average molecular weight is 389 g/mol. The highest BCUT2D eigenvalue weighted by Crippen LogP contribution is 2.24. The first-order valence-electron chi connectivity index (χ1n) is 7.65. The fraction of sp³-hybridized carbons (Fsp3) is 0.263. The summed E-state index contributed by atoms with van der Waals surface area (Å²) >= 11 is 3.38. The van der Waals surface area contributed by atoms with Crippen LogP contribution in [0.4, 0.5) is 0 Å². The number of hydrogen-bond donors (Lipinski definition) is 1. The van der Waals surface area contributed by atoms with Gasteiger partial charge in [0.2, 0.25) is 0 Å². The van der Waals surface area contributed by atoms with Crippen molar-refractivity contribution in [1.82, 2.24) is 5.43 Å². The molecule has 0 fully saturated rings. The van der Waals surface area contributed by atoms with Gasteiger partial charge >= 0.3 is 0 Å². The second-order valence-corrected chi connectivity index (χ2v) is 7.33. The van der Waals surface area contributed by atoms with E-state index in [-0.39, 0.29) is 17.9 Å². The molecule has 0 bridgehead atoms. The number of ether oxygens (including phenoxy) is 1. The molecule has 126 valence electrons. The maximum Gasteiger partial charge on any atom is 0.277 e. The van der Waals surface area contributed by atoms with E-state index >= 15 is 0 Å². The van der Waals surface area contributed by atoms with Crippen molar-refractivity contribution in [3.8, 4) is 5.75 Å². The Morgan fingerprint density at radius 3 is 2.54 bits per heavy atom. The van der Waals surface area contributed by atoms with E-state index in [1.165, 1.54) is 5.56 Å². The molecule has 0 aliphatic rings. The van der Waals surface area contributed by atoms with E-state index in [9.17, 15) is 4.79 Å². The van der Waals surface area contributed by atoms with Gasteiger partial charge in [-0.2, -0.15) is 5.10 Å². The standard InChI is InChI=1S/C19H21BrN2O2/c1-19(2,3)15-7-9-17(10-8-15)24-13-18(23)22-21-12-14-5-4-6-16(20)11-14/h4-12H,13H2,1-3H3,(H,22,23)/b21-12-. The topological polar surface area (TPSA) is 50.7 Å². The third-order valence-corrected chi connectivity index (χ3v) is 3.84. The molecule has 0 saturated heterocycles. The Bertz CT molecular complexity index is 719. The number of halogens is 1. The van der Waals surface area contributed by atoms with Crippen LogP contribution in [0.2, 0.25) is 0 Å². The van der Waals surface area contributed by atoms with E-state index in [1.807, 2.05) is 48.5 Å². The van der Waals surface area contributed by atoms with Crippen molar-refractivity contribution in [1.29, 1.82) is 0 Å². The SMILES string of the molecule is CC(C)(C)c1ccc(OCC(=O)N/N=C\c2cccc(Br)c2)cc1. The van der Waals surface area contributed by atoms with Crippen LogP contribution in [0, 0.1) is 0 Å². The monoisotopic (exact) mass is 388 g/mol. The molecule has 2 aromatic rings. The second kappa shape index (κ2) is 8.11. The predicted molar refractivity (Wildman–Crippen MR) is 101 cm³/mol. The first kappa shape index (κ1) is 18.2. The molecule has 0 saturated carbocycles. The summed E-state index contributed by atoms with van der Waals surface area (Å²) in [7, 11) is 0. The van der Waals surface area contributed by atoms with Crippen molar-refractivity contribution in [2.24, 2.45) is 5.10 Å². The van der Waals surface area contributed by atoms with Gasteiger partial charge in [0.1, 0.15) is 5.75 Å². The summed E-state index contributed by atoms with van der Waals surface area (Å²) in [5, 5.41) is 3.92. The lowest BCUT2D eigenvalue weighted by Crippen LogP contribution is -2.24. The Labute approximate surface area is 151 Å². The third kappa shape index (κ3) is 5.81. The number of rotatable bonds is 5. The van der Waals surface area contributed by atoms with Crippen molar-refractivity contribution in [3.05, 3.63) is 64.1 Å². The zero-order chi connectivity index (χ0) is 17.6. The van der Waals surface area contributed by atoms with Gasteiger partial charge in [0.25, 0.3) is 5.91 Å². The summed E-state index contributed by atoms with van der Waals surface area (Å²) in [5.41, 5.74) is 4.65. The third-order valence-electron chi connectivity index (χ3n) is 3.34. The molecule has 4 nitrogen and oxygen atoms in total. The molecular formula is C19H21BrN2O2. The first-order valence-corrected chi connectivity index (χ1v) is 8.45. The number of amides is 1. The fourth-order valence-corrected chi connectivity index (χ4v) is 2.41. The highest BCUT2D eigenvalue weighted by atomic mass is 79.9. The lowest BCUT2D eigenvalue weighted by Gasteiger charge is -2.19. The Balaban J connectivity index is 1.81. The molecule has 2 aromatic carbocycles. The van der Waals surface area contributed by atoms with Crippen LogP contribution >= 0.6 is 15.9 Å². The summed E-state index contributed by atoms with van der Waals surface area (Å²) < 4.78 is 6.42. The van der Waals surface area contributed by atoms with Gasteiger partial charge in [0.05, 0.1) is 6.21 Å². The lowest BCUT2D eigenvalue weighted by atomic mass is 9.87. The fourth-order valence-electron chi connectivity index (χ4n) is 2.00. The average Bonchev–Trinajstić information content (AvgIpc) is 2.52. The van der Waals surface area contributed by atoms with Crippen LogP contribution in [-0.2, 0) is 10.2 Å². The van der Waals surface area contributed by atoms with E-state index in [1.54, 1.807) is 6.21 Å². The van der Waals surface area contributed by atoms with Gasteiger partial charge in [-0.1, -0.05) is 61.0 Å². The molecule has 5 heteroatoms. The minimum absolute atomic E-state index is 0.0787. The number of nitrogens with one attached hydrogen (secondary N) is 1. The maximum absolute atomic E-state index is 11.7. The normalized spacial score (nSPS) is 11.5. The van der Waals surface area contributed by atoms with Gasteiger partial charge in [-0.15, -0.1) is 0 Å². The molecule has 0 atom stereocenters. The predicted octanol–water partition coefficient (Wildman–Crippen LogP) is 4.28. The van der Waals surface area contributed by atoms with E-state index in [0.29, 0.717) is 5.75 Å². The molecule has 1 amide bonds. The molecule has 0 aromatic heterocycles. The number of nitrogens with zero attached hydrogens (tertiary/aromatic N) is 1. The molecular weight excluding hydrogens is 368 g/mol. The van der Waals surface area contributed by atoms with E-state index in [0.717, 1.165) is 10.0 Å². The van der Waals surface area contributed by atoms with Gasteiger partial charge in [-0.3, -0.25) is 4.79 Å². The van der Waals surface area contributed by atoms with Crippen LogP contribution in [0.25, 0.3) is 0 Å².